The van der Waals surface area contributed by atoms with Crippen LogP contribution in [0.15, 0.2) is 0 Å². The second-order valence-electron chi connectivity index (χ2n) is 5.91. The van der Waals surface area contributed by atoms with Crippen molar-refractivity contribution in [1.29, 1.82) is 0 Å². The number of nitrogens with zero attached hydrogens (tertiary/aromatic N) is 1. The topological polar surface area (TPSA) is 78.9 Å². The maximum atomic E-state index is 12.4. The Labute approximate surface area is 119 Å². The van der Waals surface area contributed by atoms with Crippen LogP contribution in [0.5, 0.6) is 0 Å². The highest BCUT2D eigenvalue weighted by Crippen LogP contribution is 2.39. The van der Waals surface area contributed by atoms with E-state index in [4.69, 9.17) is 4.74 Å². The largest absolute Gasteiger partial charge is 0.480 e. The van der Waals surface area contributed by atoms with Gasteiger partial charge in [-0.15, -0.1) is 0 Å². The van der Waals surface area contributed by atoms with Gasteiger partial charge < -0.3 is 20.1 Å². The first-order valence-corrected chi connectivity index (χ1v) is 7.35. The molecule has 1 saturated carbocycles. The van der Waals surface area contributed by atoms with Gasteiger partial charge in [0.05, 0.1) is 12.6 Å². The zero-order chi connectivity index (χ0) is 14.7. The van der Waals surface area contributed by atoms with Gasteiger partial charge in [-0.05, 0) is 32.1 Å². The van der Waals surface area contributed by atoms with Gasteiger partial charge in [-0.1, -0.05) is 12.8 Å². The molecule has 2 N–H and O–H groups in total. The Morgan fingerprint density at radius 2 is 2.10 bits per heavy atom. The SMILES string of the molecule is COCC(C)NC(=O)N1C(C(=O)O)CC2CCCCC21. The predicted molar refractivity (Wildman–Crippen MR) is 73.5 cm³/mol. The number of carbonyl (C=O) groups excluding carboxylic acids is 1. The molecule has 1 heterocycles. The summed E-state index contributed by atoms with van der Waals surface area (Å²) < 4.78 is 5.00. The number of hydrogen-bond acceptors (Lipinski definition) is 3. The van der Waals surface area contributed by atoms with Gasteiger partial charge in [0.25, 0.3) is 0 Å². The Kier molecular flexibility index (Phi) is 4.86. The standard InChI is InChI=1S/C14H24N2O4/c1-9(8-20-2)15-14(19)16-11-6-4-3-5-10(11)7-12(16)13(17)18/h9-12H,3-8H2,1-2H3,(H,15,19)(H,17,18). The molecule has 2 aliphatic rings. The molecule has 1 aliphatic heterocycles. The van der Waals surface area contributed by atoms with Gasteiger partial charge in [0.15, 0.2) is 0 Å². The second-order valence-corrected chi connectivity index (χ2v) is 5.91. The quantitative estimate of drug-likeness (QED) is 0.819. The molecule has 20 heavy (non-hydrogen) atoms. The van der Waals surface area contributed by atoms with Crippen molar-refractivity contribution in [2.45, 2.75) is 57.2 Å². The van der Waals surface area contributed by atoms with Crippen molar-refractivity contribution < 1.29 is 19.4 Å². The normalized spacial score (nSPS) is 30.7. The minimum atomic E-state index is -0.894. The molecule has 114 valence electrons. The molecule has 0 aromatic heterocycles. The number of carbonyl (C=O) groups is 2. The molecule has 0 spiro atoms. The molecular weight excluding hydrogens is 260 g/mol. The van der Waals surface area contributed by atoms with Crippen LogP contribution < -0.4 is 5.32 Å². The zero-order valence-electron chi connectivity index (χ0n) is 12.2. The molecule has 4 atom stereocenters. The number of methoxy groups -OCH3 is 1. The smallest absolute Gasteiger partial charge is 0.326 e. The first-order valence-electron chi connectivity index (χ1n) is 7.35. The molecule has 4 unspecified atom stereocenters. The number of carboxylic acids is 1. The summed E-state index contributed by atoms with van der Waals surface area (Å²) in [6.45, 7) is 2.27. The molecule has 1 aliphatic carbocycles. The molecule has 0 aromatic rings. The van der Waals surface area contributed by atoms with E-state index < -0.39 is 12.0 Å². The van der Waals surface area contributed by atoms with Gasteiger partial charge in [0.2, 0.25) is 0 Å². The fraction of sp³-hybridized carbons (Fsp3) is 0.857. The first-order chi connectivity index (χ1) is 9.54. The highest BCUT2D eigenvalue weighted by atomic mass is 16.5. The fourth-order valence-electron chi connectivity index (χ4n) is 3.55. The lowest BCUT2D eigenvalue weighted by atomic mass is 9.85. The van der Waals surface area contributed by atoms with Crippen LogP contribution in [0.25, 0.3) is 0 Å². The molecule has 2 amide bonds. The summed E-state index contributed by atoms with van der Waals surface area (Å²) in [5.41, 5.74) is 0. The van der Waals surface area contributed by atoms with E-state index in [2.05, 4.69) is 5.32 Å². The van der Waals surface area contributed by atoms with E-state index in [1.165, 1.54) is 0 Å². The highest BCUT2D eigenvalue weighted by molar-refractivity contribution is 5.84. The number of urea groups is 1. The van der Waals surface area contributed by atoms with Crippen LogP contribution in [0.3, 0.4) is 0 Å². The molecular formula is C14H24N2O4. The van der Waals surface area contributed by atoms with E-state index in [0.29, 0.717) is 18.9 Å². The van der Waals surface area contributed by atoms with Gasteiger partial charge in [0, 0.05) is 13.2 Å². The molecule has 6 heteroatoms. The fourth-order valence-corrected chi connectivity index (χ4v) is 3.55. The number of hydrogen-bond donors (Lipinski definition) is 2. The number of fused-ring (bicyclic) bond motifs is 1. The lowest BCUT2D eigenvalue weighted by molar-refractivity contribution is -0.141. The van der Waals surface area contributed by atoms with Crippen LogP contribution in [-0.4, -0.2) is 53.8 Å². The van der Waals surface area contributed by atoms with Crippen LogP contribution in [0, 0.1) is 5.92 Å². The van der Waals surface area contributed by atoms with E-state index in [1.54, 1.807) is 12.0 Å². The minimum absolute atomic E-state index is 0.0830. The van der Waals surface area contributed by atoms with Crippen molar-refractivity contribution in [1.82, 2.24) is 10.2 Å². The number of rotatable bonds is 4. The molecule has 0 radical (unpaired) electrons. The Hall–Kier alpha value is -1.30. The summed E-state index contributed by atoms with van der Waals surface area (Å²) in [6.07, 6.45) is 4.76. The lowest BCUT2D eigenvalue weighted by Crippen LogP contribution is -2.53. The van der Waals surface area contributed by atoms with E-state index in [1.807, 2.05) is 6.92 Å². The molecule has 6 nitrogen and oxygen atoms in total. The number of ether oxygens (including phenoxy) is 1. The predicted octanol–water partition coefficient (Wildman–Crippen LogP) is 1.45. The summed E-state index contributed by atoms with van der Waals surface area (Å²) in [5.74, 6) is -0.553. The van der Waals surface area contributed by atoms with Crippen LogP contribution >= 0.6 is 0 Å². The van der Waals surface area contributed by atoms with Gasteiger partial charge in [-0.2, -0.15) is 0 Å². The van der Waals surface area contributed by atoms with Gasteiger partial charge in [-0.25, -0.2) is 9.59 Å². The molecule has 2 fully saturated rings. The molecule has 2 rings (SSSR count). The van der Waals surface area contributed by atoms with Crippen molar-refractivity contribution in [3.63, 3.8) is 0 Å². The van der Waals surface area contributed by atoms with E-state index in [9.17, 15) is 14.7 Å². The average molecular weight is 284 g/mol. The molecule has 0 bridgehead atoms. The number of amides is 2. The van der Waals surface area contributed by atoms with Crippen molar-refractivity contribution in [3.05, 3.63) is 0 Å². The van der Waals surface area contributed by atoms with Crippen molar-refractivity contribution in [3.8, 4) is 0 Å². The van der Waals surface area contributed by atoms with Gasteiger partial charge >= 0.3 is 12.0 Å². The lowest BCUT2D eigenvalue weighted by Gasteiger charge is -2.33. The average Bonchev–Trinajstić information content (AvgIpc) is 2.78. The number of nitrogens with one attached hydrogen (secondary N) is 1. The Bertz CT molecular complexity index is 374. The maximum Gasteiger partial charge on any atom is 0.326 e. The van der Waals surface area contributed by atoms with Crippen molar-refractivity contribution >= 4 is 12.0 Å². The van der Waals surface area contributed by atoms with Gasteiger partial charge in [-0.3, -0.25) is 0 Å². The summed E-state index contributed by atoms with van der Waals surface area (Å²) in [4.78, 5) is 25.4. The Morgan fingerprint density at radius 3 is 2.75 bits per heavy atom. The summed E-state index contributed by atoms with van der Waals surface area (Å²) in [5, 5.41) is 12.2. The first kappa shape index (κ1) is 15.1. The Morgan fingerprint density at radius 1 is 1.40 bits per heavy atom. The summed E-state index contributed by atoms with van der Waals surface area (Å²) >= 11 is 0. The molecule has 1 saturated heterocycles. The maximum absolute atomic E-state index is 12.4. The summed E-state index contributed by atoms with van der Waals surface area (Å²) in [6, 6.07) is -0.988. The van der Waals surface area contributed by atoms with Crippen LogP contribution in [0.2, 0.25) is 0 Å². The third-order valence-corrected chi connectivity index (χ3v) is 4.39. The Balaban J connectivity index is 2.08. The third kappa shape index (κ3) is 3.06. The zero-order valence-corrected chi connectivity index (χ0v) is 12.2. The number of likely N-dealkylation sites (tertiary alicyclic amines) is 1. The second kappa shape index (κ2) is 6.43. The minimum Gasteiger partial charge on any atom is -0.480 e. The molecule has 0 aromatic carbocycles. The monoisotopic (exact) mass is 284 g/mol. The van der Waals surface area contributed by atoms with Crippen LogP contribution in [0.1, 0.15) is 39.0 Å². The number of aliphatic carboxylic acids is 1. The van der Waals surface area contributed by atoms with Crippen LogP contribution in [0.4, 0.5) is 4.79 Å². The van der Waals surface area contributed by atoms with Gasteiger partial charge in [0.1, 0.15) is 6.04 Å². The summed E-state index contributed by atoms with van der Waals surface area (Å²) in [7, 11) is 1.58. The van der Waals surface area contributed by atoms with Crippen LogP contribution in [-0.2, 0) is 9.53 Å². The van der Waals surface area contributed by atoms with Crippen molar-refractivity contribution in [2.24, 2.45) is 5.92 Å². The third-order valence-electron chi connectivity index (χ3n) is 4.39. The van der Waals surface area contributed by atoms with E-state index >= 15 is 0 Å². The number of carboxylic acid groups (broad SMARTS) is 1. The van der Waals surface area contributed by atoms with E-state index in [-0.39, 0.29) is 18.1 Å². The highest BCUT2D eigenvalue weighted by Gasteiger charge is 2.47. The van der Waals surface area contributed by atoms with E-state index in [0.717, 1.165) is 25.7 Å². The van der Waals surface area contributed by atoms with Crippen molar-refractivity contribution in [2.75, 3.05) is 13.7 Å².